The van der Waals surface area contributed by atoms with Gasteiger partial charge in [-0.25, -0.2) is 4.39 Å². The molecule has 0 unspecified atom stereocenters. The zero-order valence-electron chi connectivity index (χ0n) is 11.7. The molecule has 0 radical (unpaired) electrons. The van der Waals surface area contributed by atoms with E-state index < -0.39 is 11.7 Å². The van der Waals surface area contributed by atoms with Crippen LogP contribution >= 0.6 is 0 Å². The molecular weight excluding hydrogens is 271 g/mol. The largest absolute Gasteiger partial charge is 0.399 e. The molecule has 0 atom stereocenters. The van der Waals surface area contributed by atoms with E-state index >= 15 is 0 Å². The average molecular weight is 288 g/mol. The number of rotatable bonds is 5. The van der Waals surface area contributed by atoms with Gasteiger partial charge in [-0.05, 0) is 36.2 Å². The highest BCUT2D eigenvalue weighted by Gasteiger charge is 2.13. The molecule has 2 rings (SSSR count). The number of hydrogen-bond donors (Lipinski definition) is 2. The summed E-state index contributed by atoms with van der Waals surface area (Å²) in [6.07, 6.45) is 0.664. The zero-order chi connectivity index (χ0) is 15.2. The number of para-hydroxylation sites is 1. The lowest BCUT2D eigenvalue weighted by Crippen LogP contribution is -2.15. The number of nitrogens with one attached hydrogen (secondary N) is 1. The minimum Gasteiger partial charge on any atom is -0.399 e. The summed E-state index contributed by atoms with van der Waals surface area (Å²) in [5, 5.41) is 2.72. The van der Waals surface area contributed by atoms with Gasteiger partial charge in [0.25, 0.3) is 5.91 Å². The predicted molar refractivity (Wildman–Crippen MR) is 80.8 cm³/mol. The van der Waals surface area contributed by atoms with E-state index in [0.29, 0.717) is 18.7 Å². The topological polar surface area (TPSA) is 64.3 Å². The first-order chi connectivity index (χ1) is 10.1. The minimum absolute atomic E-state index is 0.0363. The molecule has 0 aliphatic heterocycles. The van der Waals surface area contributed by atoms with Crippen molar-refractivity contribution < 1.29 is 13.9 Å². The lowest BCUT2D eigenvalue weighted by Gasteiger charge is -2.11. The molecule has 5 heteroatoms. The van der Waals surface area contributed by atoms with Crippen molar-refractivity contribution in [3.8, 4) is 0 Å². The molecule has 0 heterocycles. The molecule has 4 nitrogen and oxygen atoms in total. The van der Waals surface area contributed by atoms with Crippen LogP contribution in [0.4, 0.5) is 15.8 Å². The third kappa shape index (κ3) is 3.79. The Bertz CT molecular complexity index is 644. The average Bonchev–Trinajstić information content (AvgIpc) is 2.46. The van der Waals surface area contributed by atoms with Crippen molar-refractivity contribution in [2.45, 2.75) is 6.42 Å². The zero-order valence-corrected chi connectivity index (χ0v) is 11.7. The second-order valence-electron chi connectivity index (χ2n) is 4.59. The normalized spacial score (nSPS) is 10.4. The first kappa shape index (κ1) is 15.0. The summed E-state index contributed by atoms with van der Waals surface area (Å²) in [7, 11) is 1.62. The van der Waals surface area contributed by atoms with Crippen molar-refractivity contribution >= 4 is 17.3 Å². The van der Waals surface area contributed by atoms with Crippen LogP contribution in [0.1, 0.15) is 15.9 Å². The number of nitrogen functional groups attached to an aromatic ring is 1. The van der Waals surface area contributed by atoms with Crippen molar-refractivity contribution in [1.82, 2.24) is 0 Å². The molecule has 2 aromatic carbocycles. The van der Waals surface area contributed by atoms with Gasteiger partial charge in [0.05, 0.1) is 12.2 Å². The lowest BCUT2D eigenvalue weighted by atomic mass is 10.1. The van der Waals surface area contributed by atoms with E-state index in [-0.39, 0.29) is 11.3 Å². The number of hydrogen-bond acceptors (Lipinski definition) is 3. The molecule has 3 N–H and O–H groups in total. The molecule has 0 aliphatic rings. The molecular formula is C16H17FN2O2. The fraction of sp³-hybridized carbons (Fsp3) is 0.188. The number of nitrogens with two attached hydrogens (primary N) is 1. The Hall–Kier alpha value is -2.40. The van der Waals surface area contributed by atoms with Gasteiger partial charge in [0, 0.05) is 18.5 Å². The molecule has 0 aliphatic carbocycles. The summed E-state index contributed by atoms with van der Waals surface area (Å²) in [6, 6.07) is 11.4. The van der Waals surface area contributed by atoms with E-state index in [2.05, 4.69) is 5.32 Å². The maximum atomic E-state index is 13.7. The van der Waals surface area contributed by atoms with Crippen LogP contribution in [0, 0.1) is 5.82 Å². The Balaban J connectivity index is 2.19. The van der Waals surface area contributed by atoms with Crippen LogP contribution in [0.5, 0.6) is 0 Å². The van der Waals surface area contributed by atoms with Crippen LogP contribution in [-0.2, 0) is 11.2 Å². The summed E-state index contributed by atoms with van der Waals surface area (Å²) < 4.78 is 18.8. The molecule has 0 saturated carbocycles. The van der Waals surface area contributed by atoms with Crippen LogP contribution in [0.3, 0.4) is 0 Å². The van der Waals surface area contributed by atoms with Crippen LogP contribution in [0.15, 0.2) is 42.5 Å². The summed E-state index contributed by atoms with van der Waals surface area (Å²) in [5.41, 5.74) is 7.30. The number of amides is 1. The molecule has 1 amide bonds. The van der Waals surface area contributed by atoms with E-state index in [0.717, 1.165) is 11.6 Å². The van der Waals surface area contributed by atoms with Crippen molar-refractivity contribution in [3.05, 3.63) is 59.4 Å². The second kappa shape index (κ2) is 6.85. The van der Waals surface area contributed by atoms with E-state index in [1.54, 1.807) is 13.2 Å². The number of carbonyl (C=O) groups is 1. The van der Waals surface area contributed by atoms with Gasteiger partial charge < -0.3 is 15.8 Å². The van der Waals surface area contributed by atoms with Gasteiger partial charge in [-0.2, -0.15) is 0 Å². The van der Waals surface area contributed by atoms with Crippen LogP contribution in [0.2, 0.25) is 0 Å². The molecule has 0 aromatic heterocycles. The third-order valence-corrected chi connectivity index (χ3v) is 3.08. The Labute approximate surface area is 122 Å². The predicted octanol–water partition coefficient (Wildman–Crippen LogP) is 2.85. The van der Waals surface area contributed by atoms with Crippen LogP contribution < -0.4 is 11.1 Å². The van der Waals surface area contributed by atoms with Gasteiger partial charge in [0.2, 0.25) is 0 Å². The van der Waals surface area contributed by atoms with Crippen LogP contribution in [0.25, 0.3) is 0 Å². The minimum atomic E-state index is -0.637. The maximum absolute atomic E-state index is 13.7. The molecule has 0 fully saturated rings. The number of halogens is 1. The summed E-state index contributed by atoms with van der Waals surface area (Å²) in [4.78, 5) is 12.1. The number of anilines is 2. The van der Waals surface area contributed by atoms with E-state index in [9.17, 15) is 9.18 Å². The molecule has 0 spiro atoms. The fourth-order valence-electron chi connectivity index (χ4n) is 1.98. The lowest BCUT2D eigenvalue weighted by molar-refractivity contribution is 0.102. The highest BCUT2D eigenvalue weighted by atomic mass is 19.1. The summed E-state index contributed by atoms with van der Waals surface area (Å²) in [6.45, 7) is 0.545. The van der Waals surface area contributed by atoms with E-state index in [1.807, 2.05) is 18.2 Å². The van der Waals surface area contributed by atoms with E-state index in [1.165, 1.54) is 12.1 Å². The van der Waals surface area contributed by atoms with Gasteiger partial charge in [0.1, 0.15) is 5.82 Å². The van der Waals surface area contributed by atoms with Gasteiger partial charge in [-0.1, -0.05) is 18.2 Å². The Morgan fingerprint density at radius 2 is 2.05 bits per heavy atom. The smallest absolute Gasteiger partial charge is 0.258 e. The molecule has 110 valence electrons. The Morgan fingerprint density at radius 3 is 2.76 bits per heavy atom. The molecule has 21 heavy (non-hydrogen) atoms. The van der Waals surface area contributed by atoms with Gasteiger partial charge in [0.15, 0.2) is 0 Å². The number of benzene rings is 2. The maximum Gasteiger partial charge on any atom is 0.258 e. The highest BCUT2D eigenvalue weighted by Crippen LogP contribution is 2.18. The molecule has 0 saturated heterocycles. The van der Waals surface area contributed by atoms with Gasteiger partial charge in [-0.15, -0.1) is 0 Å². The van der Waals surface area contributed by atoms with Crippen molar-refractivity contribution in [1.29, 1.82) is 0 Å². The first-order valence-corrected chi connectivity index (χ1v) is 6.55. The van der Waals surface area contributed by atoms with Crippen molar-refractivity contribution in [3.63, 3.8) is 0 Å². The molecule has 2 aromatic rings. The standard InChI is InChI=1S/C16H17FN2O2/c1-21-9-8-11-4-2-3-5-15(11)19-16(20)13-7-6-12(18)10-14(13)17/h2-7,10H,8-9,18H2,1H3,(H,19,20). The first-order valence-electron chi connectivity index (χ1n) is 6.55. The highest BCUT2D eigenvalue weighted by molar-refractivity contribution is 6.05. The van der Waals surface area contributed by atoms with Gasteiger partial charge in [-0.3, -0.25) is 4.79 Å². The monoisotopic (exact) mass is 288 g/mol. The summed E-state index contributed by atoms with van der Waals surface area (Å²) in [5.74, 6) is -1.14. The SMILES string of the molecule is COCCc1ccccc1NC(=O)c1ccc(N)cc1F. The van der Waals surface area contributed by atoms with Crippen LogP contribution in [-0.4, -0.2) is 19.6 Å². The molecule has 0 bridgehead atoms. The van der Waals surface area contributed by atoms with Crippen molar-refractivity contribution in [2.75, 3.05) is 24.8 Å². The number of ether oxygens (including phenoxy) is 1. The van der Waals surface area contributed by atoms with E-state index in [4.69, 9.17) is 10.5 Å². The van der Waals surface area contributed by atoms with Gasteiger partial charge >= 0.3 is 0 Å². The summed E-state index contributed by atoms with van der Waals surface area (Å²) >= 11 is 0. The fourth-order valence-corrected chi connectivity index (χ4v) is 1.98. The quantitative estimate of drug-likeness (QED) is 0.831. The Kier molecular flexibility index (Phi) is 4.90. The van der Waals surface area contributed by atoms with Crippen molar-refractivity contribution in [2.24, 2.45) is 0 Å². The second-order valence-corrected chi connectivity index (χ2v) is 4.59. The number of methoxy groups -OCH3 is 1. The number of carbonyl (C=O) groups excluding carboxylic acids is 1. The third-order valence-electron chi connectivity index (χ3n) is 3.08. The Morgan fingerprint density at radius 1 is 1.29 bits per heavy atom.